The van der Waals surface area contributed by atoms with Crippen LogP contribution in [0.3, 0.4) is 0 Å². The van der Waals surface area contributed by atoms with Crippen molar-refractivity contribution in [2.24, 2.45) is 0 Å². The number of rotatable bonds is 1. The molecule has 0 aliphatic heterocycles. The maximum absolute atomic E-state index is 8.14. The average Bonchev–Trinajstić information content (AvgIpc) is 1.73. The number of aliphatic hydroxyl groups is 1. The first-order valence-corrected chi connectivity index (χ1v) is 1.77. The topological polar surface area (TPSA) is 46.5 Å². The molecule has 1 atom stereocenters. The maximum atomic E-state index is 8.14. The Morgan fingerprint density at radius 3 is 1.86 bits per heavy atom. The molecule has 0 amide bonds. The lowest BCUT2D eigenvalue weighted by Gasteiger charge is -1.94. The van der Waals surface area contributed by atoms with Crippen LogP contribution in [0, 0.1) is 0 Å². The summed E-state index contributed by atoms with van der Waals surface area (Å²) in [6, 6.07) is 0. The fraction of sp³-hybridized carbons (Fsp3) is 0.750. The fourth-order valence-electron chi connectivity index (χ4n) is 0. The second kappa shape index (κ2) is 9.14. The molecule has 7 heavy (non-hydrogen) atoms. The first kappa shape index (κ1) is 9.77. The summed E-state index contributed by atoms with van der Waals surface area (Å²) in [7, 11) is 1.45. The van der Waals surface area contributed by atoms with Crippen molar-refractivity contribution in [1.82, 2.24) is 0 Å². The molecule has 0 aliphatic carbocycles. The van der Waals surface area contributed by atoms with Gasteiger partial charge >= 0.3 is 0 Å². The zero-order valence-electron chi connectivity index (χ0n) is 4.55. The highest BCUT2D eigenvalue weighted by Gasteiger charge is 1.80. The van der Waals surface area contributed by atoms with Crippen LogP contribution < -0.4 is 0 Å². The lowest BCUT2D eigenvalue weighted by atomic mass is 10.8. The molecule has 0 saturated carbocycles. The zero-order chi connectivity index (χ0) is 6.28. The second-order valence-corrected chi connectivity index (χ2v) is 0.835. The van der Waals surface area contributed by atoms with Crippen molar-refractivity contribution in [2.75, 3.05) is 7.11 Å². The molecule has 3 nitrogen and oxygen atoms in total. The van der Waals surface area contributed by atoms with Gasteiger partial charge in [0.1, 0.15) is 6.79 Å². The van der Waals surface area contributed by atoms with Gasteiger partial charge in [0, 0.05) is 7.11 Å². The van der Waals surface area contributed by atoms with Crippen LogP contribution in [0.1, 0.15) is 6.92 Å². The van der Waals surface area contributed by atoms with E-state index < -0.39 is 6.29 Å². The number of carbonyl (C=O) groups excluding carboxylic acids is 1. The van der Waals surface area contributed by atoms with Gasteiger partial charge in [-0.25, -0.2) is 0 Å². The fourth-order valence-corrected chi connectivity index (χ4v) is 0. The van der Waals surface area contributed by atoms with Crippen molar-refractivity contribution >= 4 is 6.79 Å². The van der Waals surface area contributed by atoms with Gasteiger partial charge in [-0.3, -0.25) is 0 Å². The van der Waals surface area contributed by atoms with Gasteiger partial charge in [0.15, 0.2) is 6.29 Å². The van der Waals surface area contributed by atoms with Gasteiger partial charge in [-0.15, -0.1) is 0 Å². The van der Waals surface area contributed by atoms with Crippen LogP contribution >= 0.6 is 0 Å². The predicted molar refractivity (Wildman–Crippen MR) is 25.8 cm³/mol. The van der Waals surface area contributed by atoms with Crippen LogP contribution in [-0.4, -0.2) is 25.3 Å². The van der Waals surface area contributed by atoms with Crippen LogP contribution in [0.25, 0.3) is 0 Å². The minimum Gasteiger partial charge on any atom is -0.368 e. The lowest BCUT2D eigenvalue weighted by molar-refractivity contribution is -0.0980. The van der Waals surface area contributed by atoms with Gasteiger partial charge < -0.3 is 14.6 Å². The van der Waals surface area contributed by atoms with Gasteiger partial charge in [-0.2, -0.15) is 0 Å². The largest absolute Gasteiger partial charge is 0.368 e. The molecule has 0 heterocycles. The predicted octanol–water partition coefficient (Wildman–Crippen LogP) is -0.214. The molecule has 1 unspecified atom stereocenters. The average molecular weight is 106 g/mol. The van der Waals surface area contributed by atoms with Crippen LogP contribution in [0.2, 0.25) is 0 Å². The third-order valence-corrected chi connectivity index (χ3v) is 0.341. The van der Waals surface area contributed by atoms with E-state index in [4.69, 9.17) is 9.90 Å². The van der Waals surface area contributed by atoms with Crippen molar-refractivity contribution in [1.29, 1.82) is 0 Å². The smallest absolute Gasteiger partial charge is 0.151 e. The summed E-state index contributed by atoms with van der Waals surface area (Å²) in [5.41, 5.74) is 0. The molecule has 0 aliphatic rings. The van der Waals surface area contributed by atoms with Crippen molar-refractivity contribution in [3.05, 3.63) is 0 Å². The number of carbonyl (C=O) groups is 1. The van der Waals surface area contributed by atoms with Crippen molar-refractivity contribution in [3.63, 3.8) is 0 Å². The molecule has 0 bridgehead atoms. The number of ether oxygens (including phenoxy) is 1. The first-order chi connectivity index (χ1) is 3.27. The first-order valence-electron chi connectivity index (χ1n) is 1.77. The van der Waals surface area contributed by atoms with Crippen LogP contribution in [0.15, 0.2) is 0 Å². The second-order valence-electron chi connectivity index (χ2n) is 0.835. The third kappa shape index (κ3) is 28.5. The summed E-state index contributed by atoms with van der Waals surface area (Å²) in [5, 5.41) is 8.14. The molecule has 0 aromatic heterocycles. The van der Waals surface area contributed by atoms with Crippen molar-refractivity contribution in [2.45, 2.75) is 13.2 Å². The monoisotopic (exact) mass is 106 g/mol. The van der Waals surface area contributed by atoms with E-state index in [1.807, 2.05) is 6.79 Å². The van der Waals surface area contributed by atoms with E-state index in [1.165, 1.54) is 7.11 Å². The summed E-state index contributed by atoms with van der Waals surface area (Å²) in [4.78, 5) is 8.00. The van der Waals surface area contributed by atoms with Gasteiger partial charge in [0.05, 0.1) is 0 Å². The highest BCUT2D eigenvalue weighted by atomic mass is 16.6. The molecule has 0 aromatic carbocycles. The molecular formula is C4H10O3. The molecule has 0 radical (unpaired) electrons. The molecule has 3 heteroatoms. The molecule has 0 fully saturated rings. The Balaban J connectivity index is 0. The summed E-state index contributed by atoms with van der Waals surface area (Å²) >= 11 is 0. The van der Waals surface area contributed by atoms with Crippen molar-refractivity contribution in [3.8, 4) is 0 Å². The Morgan fingerprint density at radius 2 is 1.86 bits per heavy atom. The summed E-state index contributed by atoms with van der Waals surface area (Å²) < 4.78 is 4.31. The van der Waals surface area contributed by atoms with E-state index >= 15 is 0 Å². The highest BCUT2D eigenvalue weighted by molar-refractivity contribution is 5.10. The van der Waals surface area contributed by atoms with Gasteiger partial charge in [-0.1, -0.05) is 0 Å². The van der Waals surface area contributed by atoms with Gasteiger partial charge in [-0.05, 0) is 6.92 Å². The Morgan fingerprint density at radius 1 is 1.71 bits per heavy atom. The zero-order valence-corrected chi connectivity index (χ0v) is 4.55. The number of aliphatic hydroxyl groups excluding tert-OH is 1. The molecule has 44 valence electrons. The standard InChI is InChI=1S/C3H8O2.CH2O/c1-3(4)5-2;1-2/h3-4H,1-2H3;1H2. The van der Waals surface area contributed by atoms with E-state index in [2.05, 4.69) is 4.74 Å². The Bertz CT molecular complexity index is 28.1. The Kier molecular flexibility index (Phi) is 12.8. The normalized spacial score (nSPS) is 11.3. The molecule has 0 saturated heterocycles. The van der Waals surface area contributed by atoms with E-state index in [9.17, 15) is 0 Å². The van der Waals surface area contributed by atoms with Gasteiger partial charge in [0.2, 0.25) is 0 Å². The molecular weight excluding hydrogens is 96.0 g/mol. The molecule has 0 rings (SSSR count). The minimum atomic E-state index is -0.616. The summed E-state index contributed by atoms with van der Waals surface area (Å²) in [6.45, 7) is 3.56. The highest BCUT2D eigenvalue weighted by Crippen LogP contribution is 1.72. The van der Waals surface area contributed by atoms with E-state index in [1.54, 1.807) is 6.92 Å². The SMILES string of the molecule is C=O.COC(C)O. The maximum Gasteiger partial charge on any atom is 0.151 e. The molecule has 1 N–H and O–H groups in total. The molecule has 0 aromatic rings. The van der Waals surface area contributed by atoms with Gasteiger partial charge in [0.25, 0.3) is 0 Å². The van der Waals surface area contributed by atoms with Crippen LogP contribution in [-0.2, 0) is 9.53 Å². The van der Waals surface area contributed by atoms with E-state index in [0.29, 0.717) is 0 Å². The summed E-state index contributed by atoms with van der Waals surface area (Å²) in [6.07, 6.45) is -0.616. The summed E-state index contributed by atoms with van der Waals surface area (Å²) in [5.74, 6) is 0. The Hall–Kier alpha value is -0.410. The number of methoxy groups -OCH3 is 1. The number of hydrogen-bond donors (Lipinski definition) is 1. The van der Waals surface area contributed by atoms with Crippen LogP contribution in [0.4, 0.5) is 0 Å². The van der Waals surface area contributed by atoms with E-state index in [0.717, 1.165) is 0 Å². The number of hydrogen-bond acceptors (Lipinski definition) is 3. The quantitative estimate of drug-likeness (QED) is 0.470. The molecule has 0 spiro atoms. The third-order valence-electron chi connectivity index (χ3n) is 0.341. The minimum absolute atomic E-state index is 0.616. The van der Waals surface area contributed by atoms with Crippen molar-refractivity contribution < 1.29 is 14.6 Å². The van der Waals surface area contributed by atoms with Crippen LogP contribution in [0.5, 0.6) is 0 Å². The Labute approximate surface area is 42.9 Å². The van der Waals surface area contributed by atoms with E-state index in [-0.39, 0.29) is 0 Å². The lowest BCUT2D eigenvalue weighted by Crippen LogP contribution is -1.99.